The van der Waals surface area contributed by atoms with Gasteiger partial charge in [-0.05, 0) is 41.8 Å². The number of fused-ring (bicyclic) bond motifs is 1. The minimum absolute atomic E-state index is 0.199. The summed E-state index contributed by atoms with van der Waals surface area (Å²) in [5.41, 5.74) is 2.04. The van der Waals surface area contributed by atoms with Crippen molar-refractivity contribution in [1.82, 2.24) is 24.5 Å². The van der Waals surface area contributed by atoms with E-state index in [4.69, 9.17) is 16.1 Å². The number of hydrogen-bond donors (Lipinski definition) is 0. The van der Waals surface area contributed by atoms with Gasteiger partial charge in [0.15, 0.2) is 0 Å². The van der Waals surface area contributed by atoms with Gasteiger partial charge in [0.2, 0.25) is 17.6 Å². The number of benzene rings is 2. The van der Waals surface area contributed by atoms with E-state index in [1.54, 1.807) is 0 Å². The molecule has 3 heterocycles. The Morgan fingerprint density at radius 2 is 1.78 bits per heavy atom. The molecule has 1 fully saturated rings. The van der Waals surface area contributed by atoms with Crippen LogP contribution in [-0.4, -0.2) is 56.6 Å². The lowest BCUT2D eigenvalue weighted by Gasteiger charge is -2.34. The van der Waals surface area contributed by atoms with Crippen LogP contribution in [0.5, 0.6) is 0 Å². The van der Waals surface area contributed by atoms with E-state index < -0.39 is 0 Å². The second kappa shape index (κ2) is 9.14. The van der Waals surface area contributed by atoms with Crippen LogP contribution in [0.1, 0.15) is 12.3 Å². The van der Waals surface area contributed by atoms with Gasteiger partial charge < -0.3 is 14.0 Å². The minimum Gasteiger partial charge on any atom is -0.347 e. The number of halogens is 1. The molecule has 7 nitrogen and oxygen atoms in total. The Labute approximate surface area is 191 Å². The number of amides is 1. The molecule has 1 amide bonds. The molecule has 1 aliphatic heterocycles. The number of hydrogen-bond acceptors (Lipinski definition) is 5. The third kappa shape index (κ3) is 4.54. The molecule has 0 N–H and O–H groups in total. The fraction of sp³-hybridized carbons (Fsp3) is 0.292. The first-order chi connectivity index (χ1) is 15.7. The second-order valence-corrected chi connectivity index (χ2v) is 8.43. The summed E-state index contributed by atoms with van der Waals surface area (Å²) < 4.78 is 7.57. The lowest BCUT2D eigenvalue weighted by atomic mass is 10.2. The number of nitrogens with zero attached hydrogens (tertiary/aromatic N) is 5. The quantitative estimate of drug-likeness (QED) is 0.443. The summed E-state index contributed by atoms with van der Waals surface area (Å²) in [5, 5.41) is 5.95. The maximum Gasteiger partial charge on any atom is 0.241 e. The van der Waals surface area contributed by atoms with Crippen molar-refractivity contribution < 1.29 is 9.32 Å². The normalized spacial score (nSPS) is 14.8. The van der Waals surface area contributed by atoms with Gasteiger partial charge in [0.1, 0.15) is 0 Å². The first-order valence-electron chi connectivity index (χ1n) is 10.8. The molecule has 0 bridgehead atoms. The predicted octanol–water partition coefficient (Wildman–Crippen LogP) is 4.08. The molecular weight excluding hydrogens is 426 g/mol. The minimum atomic E-state index is 0.199. The van der Waals surface area contributed by atoms with Gasteiger partial charge in [0.05, 0.1) is 6.54 Å². The lowest BCUT2D eigenvalue weighted by molar-refractivity contribution is -0.133. The topological polar surface area (TPSA) is 67.4 Å². The van der Waals surface area contributed by atoms with E-state index in [0.29, 0.717) is 49.3 Å². The number of carbonyl (C=O) groups excluding carboxylic acids is 1. The Bertz CT molecular complexity index is 1210. The first kappa shape index (κ1) is 20.7. The van der Waals surface area contributed by atoms with Crippen LogP contribution in [0.25, 0.3) is 22.3 Å². The first-order valence-corrected chi connectivity index (χ1v) is 11.2. The summed E-state index contributed by atoms with van der Waals surface area (Å²) in [4.78, 5) is 21.4. The number of piperazine rings is 1. The van der Waals surface area contributed by atoms with Crippen molar-refractivity contribution in [2.75, 3.05) is 26.2 Å². The molecular formula is C24H24ClN5O2. The van der Waals surface area contributed by atoms with Crippen LogP contribution in [0.15, 0.2) is 65.3 Å². The van der Waals surface area contributed by atoms with Gasteiger partial charge >= 0.3 is 0 Å². The van der Waals surface area contributed by atoms with E-state index in [1.165, 1.54) is 10.9 Å². The van der Waals surface area contributed by atoms with Gasteiger partial charge in [0, 0.05) is 61.4 Å². The molecule has 1 saturated heterocycles. The van der Waals surface area contributed by atoms with Gasteiger partial charge in [-0.3, -0.25) is 9.69 Å². The number of rotatable bonds is 6. The lowest BCUT2D eigenvalue weighted by Crippen LogP contribution is -2.48. The highest BCUT2D eigenvalue weighted by Crippen LogP contribution is 2.20. The average molecular weight is 450 g/mol. The van der Waals surface area contributed by atoms with Crippen LogP contribution in [0, 0.1) is 0 Å². The van der Waals surface area contributed by atoms with Gasteiger partial charge in [-0.15, -0.1) is 0 Å². The highest BCUT2D eigenvalue weighted by molar-refractivity contribution is 6.30. The predicted molar refractivity (Wildman–Crippen MR) is 123 cm³/mol. The molecule has 32 heavy (non-hydrogen) atoms. The molecule has 0 aliphatic carbocycles. The van der Waals surface area contributed by atoms with Gasteiger partial charge in [0.25, 0.3) is 0 Å². The highest BCUT2D eigenvalue weighted by Gasteiger charge is 2.22. The van der Waals surface area contributed by atoms with Crippen molar-refractivity contribution in [3.8, 4) is 11.4 Å². The van der Waals surface area contributed by atoms with E-state index in [1.807, 2.05) is 41.3 Å². The largest absolute Gasteiger partial charge is 0.347 e. The molecule has 2 aromatic carbocycles. The van der Waals surface area contributed by atoms with Crippen molar-refractivity contribution in [3.05, 3.63) is 71.7 Å². The zero-order chi connectivity index (χ0) is 21.9. The second-order valence-electron chi connectivity index (χ2n) is 7.99. The van der Waals surface area contributed by atoms with Crippen LogP contribution < -0.4 is 0 Å². The zero-order valence-corrected chi connectivity index (χ0v) is 18.4. The molecule has 0 radical (unpaired) electrons. The number of aromatic nitrogens is 3. The Hall–Kier alpha value is -3.16. The van der Waals surface area contributed by atoms with Crippen molar-refractivity contribution >= 4 is 28.4 Å². The average Bonchev–Trinajstić information content (AvgIpc) is 3.46. The van der Waals surface area contributed by atoms with E-state index in [-0.39, 0.29) is 5.91 Å². The molecule has 8 heteroatoms. The SMILES string of the molecule is O=C(CCn1ccc2ccccc21)N1CCN(Cc2nc(-c3ccc(Cl)cc3)no2)CC1. The van der Waals surface area contributed by atoms with Gasteiger partial charge in [-0.2, -0.15) is 4.98 Å². The number of aryl methyl sites for hydroxylation is 1. The monoisotopic (exact) mass is 449 g/mol. The molecule has 2 aromatic heterocycles. The number of para-hydroxylation sites is 1. The molecule has 1 aliphatic rings. The summed E-state index contributed by atoms with van der Waals surface area (Å²) >= 11 is 5.94. The summed E-state index contributed by atoms with van der Waals surface area (Å²) in [5.74, 6) is 1.34. The molecule has 0 saturated carbocycles. The van der Waals surface area contributed by atoms with E-state index in [9.17, 15) is 4.79 Å². The van der Waals surface area contributed by atoms with Crippen LogP contribution in [-0.2, 0) is 17.9 Å². The highest BCUT2D eigenvalue weighted by atomic mass is 35.5. The van der Waals surface area contributed by atoms with Crippen molar-refractivity contribution in [2.45, 2.75) is 19.5 Å². The summed E-state index contributed by atoms with van der Waals surface area (Å²) in [6.45, 7) is 4.28. The molecule has 0 spiro atoms. The zero-order valence-electron chi connectivity index (χ0n) is 17.7. The maximum atomic E-state index is 12.7. The van der Waals surface area contributed by atoms with E-state index in [2.05, 4.69) is 44.0 Å². The summed E-state index contributed by atoms with van der Waals surface area (Å²) in [6, 6.07) is 17.7. The van der Waals surface area contributed by atoms with Crippen LogP contribution in [0.4, 0.5) is 0 Å². The fourth-order valence-electron chi connectivity index (χ4n) is 4.09. The Balaban J connectivity index is 1.11. The number of carbonyl (C=O) groups is 1. The van der Waals surface area contributed by atoms with Crippen LogP contribution in [0.3, 0.4) is 0 Å². The Kier molecular flexibility index (Phi) is 5.92. The summed E-state index contributed by atoms with van der Waals surface area (Å²) in [6.07, 6.45) is 2.56. The Morgan fingerprint density at radius 1 is 1.00 bits per heavy atom. The van der Waals surface area contributed by atoms with Gasteiger partial charge in [-0.25, -0.2) is 0 Å². The van der Waals surface area contributed by atoms with E-state index >= 15 is 0 Å². The molecule has 5 rings (SSSR count). The standard InChI is InChI=1S/C24H24ClN5O2/c25-20-7-5-19(6-8-20)24-26-22(32-27-24)17-28-13-15-30(16-14-28)23(31)10-12-29-11-9-18-3-1-2-4-21(18)29/h1-9,11H,10,12-17H2. The van der Waals surface area contributed by atoms with Crippen LogP contribution >= 0.6 is 11.6 Å². The molecule has 0 unspecified atom stereocenters. The van der Waals surface area contributed by atoms with Crippen molar-refractivity contribution in [3.63, 3.8) is 0 Å². The third-order valence-electron chi connectivity index (χ3n) is 5.90. The fourth-order valence-corrected chi connectivity index (χ4v) is 4.22. The van der Waals surface area contributed by atoms with Crippen molar-refractivity contribution in [1.29, 1.82) is 0 Å². The van der Waals surface area contributed by atoms with Crippen LogP contribution in [0.2, 0.25) is 5.02 Å². The molecule has 0 atom stereocenters. The van der Waals surface area contributed by atoms with Gasteiger partial charge in [-0.1, -0.05) is 35.0 Å². The molecule has 164 valence electrons. The van der Waals surface area contributed by atoms with Crippen molar-refractivity contribution in [2.24, 2.45) is 0 Å². The van der Waals surface area contributed by atoms with E-state index in [0.717, 1.165) is 18.7 Å². The summed E-state index contributed by atoms with van der Waals surface area (Å²) in [7, 11) is 0. The maximum absolute atomic E-state index is 12.7. The Morgan fingerprint density at radius 3 is 2.59 bits per heavy atom. The molecule has 4 aromatic rings. The smallest absolute Gasteiger partial charge is 0.241 e. The third-order valence-corrected chi connectivity index (χ3v) is 6.15.